The van der Waals surface area contributed by atoms with Gasteiger partial charge in [-0.3, -0.25) is 14.4 Å². The minimum atomic E-state index is -1.25. The number of nitrogens with zero attached hydrogens (tertiary/aromatic N) is 1. The van der Waals surface area contributed by atoms with Crippen LogP contribution in [0, 0.1) is 11.8 Å². The van der Waals surface area contributed by atoms with Crippen molar-refractivity contribution in [2.45, 2.75) is 52.4 Å². The van der Waals surface area contributed by atoms with Gasteiger partial charge in [0.25, 0.3) is 5.91 Å². The molecule has 1 fully saturated rings. The summed E-state index contributed by atoms with van der Waals surface area (Å²) in [5.41, 5.74) is 1.62. The lowest BCUT2D eigenvalue weighted by atomic mass is 9.94. The number of nitrogens with one attached hydrogen (secondary N) is 1. The highest BCUT2D eigenvalue weighted by molar-refractivity contribution is 5.98. The van der Waals surface area contributed by atoms with Gasteiger partial charge in [0.2, 0.25) is 6.79 Å². The van der Waals surface area contributed by atoms with Crippen LogP contribution < -0.4 is 24.3 Å². The van der Waals surface area contributed by atoms with E-state index in [2.05, 4.69) is 10.3 Å². The Labute approximate surface area is 272 Å². The van der Waals surface area contributed by atoms with Crippen molar-refractivity contribution in [3.05, 3.63) is 77.6 Å². The van der Waals surface area contributed by atoms with Crippen LogP contribution in [0.5, 0.6) is 23.0 Å². The maximum atomic E-state index is 13.4. The van der Waals surface area contributed by atoms with Crippen LogP contribution in [-0.4, -0.2) is 66.6 Å². The van der Waals surface area contributed by atoms with E-state index >= 15 is 0 Å². The fourth-order valence-corrected chi connectivity index (χ4v) is 4.65. The first kappa shape index (κ1) is 34.5. The van der Waals surface area contributed by atoms with Crippen molar-refractivity contribution in [1.29, 1.82) is 0 Å². The number of benzene rings is 2. The van der Waals surface area contributed by atoms with E-state index in [4.69, 9.17) is 33.5 Å². The molecule has 3 aromatic rings. The normalized spacial score (nSPS) is 18.7. The summed E-state index contributed by atoms with van der Waals surface area (Å²) in [4.78, 5) is 53.1. The number of hydrogen-bond donors (Lipinski definition) is 2. The quantitative estimate of drug-likeness (QED) is 0.320. The molecule has 0 radical (unpaired) electrons. The van der Waals surface area contributed by atoms with Crippen molar-refractivity contribution >= 4 is 23.8 Å². The second-order valence-electron chi connectivity index (χ2n) is 11.2. The lowest BCUT2D eigenvalue weighted by Gasteiger charge is -2.19. The molecule has 0 unspecified atom stereocenters. The number of aliphatic carboxylic acids is 1. The van der Waals surface area contributed by atoms with Gasteiger partial charge >= 0.3 is 17.9 Å². The molecule has 0 spiro atoms. The summed E-state index contributed by atoms with van der Waals surface area (Å²) in [5.74, 6) is -1.81. The first-order chi connectivity index (χ1) is 22.5. The van der Waals surface area contributed by atoms with Crippen molar-refractivity contribution in [2.24, 2.45) is 11.8 Å². The van der Waals surface area contributed by atoms with E-state index in [0.29, 0.717) is 17.9 Å². The number of methoxy groups -OCH3 is 1. The number of carbonyl (C=O) groups is 4. The molecule has 0 saturated carbocycles. The third-order valence-electron chi connectivity index (χ3n) is 7.19. The summed E-state index contributed by atoms with van der Waals surface area (Å²) in [6, 6.07) is 15.2. The van der Waals surface area contributed by atoms with Crippen LogP contribution in [0.4, 0.5) is 0 Å². The van der Waals surface area contributed by atoms with E-state index in [1.165, 1.54) is 13.3 Å². The lowest BCUT2D eigenvalue weighted by Crippen LogP contribution is -2.46. The summed E-state index contributed by atoms with van der Waals surface area (Å²) < 4.78 is 33.2. The number of ether oxygens (including phenoxy) is 6. The molecule has 3 heterocycles. The number of rotatable bonds is 9. The van der Waals surface area contributed by atoms with Crippen LogP contribution in [-0.2, 0) is 36.9 Å². The summed E-state index contributed by atoms with van der Waals surface area (Å²) in [7, 11) is 1.44. The lowest BCUT2D eigenvalue weighted by molar-refractivity contribution is -0.152. The standard InChI is InChI=1S/C30H30N2O9.C4H8O2/c1-18-12-21(13-19-6-4-3-5-7-19)29(34)38-16-22(30(35)41-18)32-28(33)26-27(24(36-2)10-11-31-26)37-15-20-8-9-23-25(14-20)40-17-39-23;1-3(2)4(5)6/h3-11,14,18,21-22H,12-13,15-17H2,1-2H3,(H,32,33);3H,1-2H3,(H,5,6)/t18-,21-,22-;/m0./s1. The van der Waals surface area contributed by atoms with Gasteiger partial charge in [0, 0.05) is 12.3 Å². The zero-order chi connectivity index (χ0) is 33.9. The predicted octanol–water partition coefficient (Wildman–Crippen LogP) is 3.96. The molecule has 3 atom stereocenters. The maximum absolute atomic E-state index is 13.4. The fraction of sp³-hybridized carbons (Fsp3) is 0.382. The average Bonchev–Trinajstić information content (AvgIpc) is 3.54. The van der Waals surface area contributed by atoms with Crippen LogP contribution in [0.2, 0.25) is 0 Å². The number of aromatic nitrogens is 1. The van der Waals surface area contributed by atoms with E-state index in [0.717, 1.165) is 11.1 Å². The topological polar surface area (TPSA) is 169 Å². The minimum Gasteiger partial charge on any atom is -0.493 e. The molecule has 250 valence electrons. The number of carboxylic acids is 1. The van der Waals surface area contributed by atoms with Gasteiger partial charge in [0.1, 0.15) is 13.2 Å². The Morgan fingerprint density at radius 3 is 2.43 bits per heavy atom. The van der Waals surface area contributed by atoms with E-state index in [1.54, 1.807) is 39.0 Å². The SMILES string of the molecule is CC(C)C(=O)O.COc1ccnc(C(=O)N[C@H]2COC(=O)[C@H](Cc3ccccc3)C[C@H](C)OC2=O)c1OCc1ccc2c(c1)OCO2. The van der Waals surface area contributed by atoms with Crippen molar-refractivity contribution in [3.63, 3.8) is 0 Å². The molecule has 5 rings (SSSR count). The predicted molar refractivity (Wildman–Crippen MR) is 166 cm³/mol. The highest BCUT2D eigenvalue weighted by Crippen LogP contribution is 2.34. The van der Waals surface area contributed by atoms with Gasteiger partial charge < -0.3 is 38.8 Å². The smallest absolute Gasteiger partial charge is 0.332 e. The molecule has 1 aromatic heterocycles. The molecular formula is C34H38N2O11. The molecule has 2 aromatic carbocycles. The Balaban J connectivity index is 0.000000762. The second kappa shape index (κ2) is 16.3. The van der Waals surface area contributed by atoms with Crippen LogP contribution in [0.25, 0.3) is 0 Å². The summed E-state index contributed by atoms with van der Waals surface area (Å²) in [6.07, 6.45) is 1.54. The largest absolute Gasteiger partial charge is 0.493 e. The zero-order valence-corrected chi connectivity index (χ0v) is 26.6. The number of amides is 1. The van der Waals surface area contributed by atoms with Crippen molar-refractivity contribution in [1.82, 2.24) is 10.3 Å². The average molecular weight is 651 g/mol. The van der Waals surface area contributed by atoms with Gasteiger partial charge in [-0.05, 0) is 43.0 Å². The zero-order valence-electron chi connectivity index (χ0n) is 26.6. The number of esters is 2. The van der Waals surface area contributed by atoms with E-state index in [1.807, 2.05) is 36.4 Å². The summed E-state index contributed by atoms with van der Waals surface area (Å²) in [6.45, 7) is 4.82. The molecule has 0 aliphatic carbocycles. The summed E-state index contributed by atoms with van der Waals surface area (Å²) in [5, 5.41) is 10.6. The highest BCUT2D eigenvalue weighted by Gasteiger charge is 2.33. The Morgan fingerprint density at radius 1 is 1.00 bits per heavy atom. The van der Waals surface area contributed by atoms with E-state index in [-0.39, 0.29) is 42.9 Å². The number of pyridine rings is 1. The molecule has 13 nitrogen and oxygen atoms in total. The van der Waals surface area contributed by atoms with Gasteiger partial charge in [0.15, 0.2) is 34.7 Å². The third kappa shape index (κ3) is 9.58. The Hall–Kier alpha value is -5.33. The molecule has 2 N–H and O–H groups in total. The van der Waals surface area contributed by atoms with Crippen molar-refractivity contribution in [3.8, 4) is 23.0 Å². The Morgan fingerprint density at radius 2 is 1.72 bits per heavy atom. The van der Waals surface area contributed by atoms with Gasteiger partial charge in [-0.2, -0.15) is 0 Å². The van der Waals surface area contributed by atoms with E-state index in [9.17, 15) is 19.2 Å². The molecule has 2 aliphatic rings. The van der Waals surface area contributed by atoms with Crippen LogP contribution >= 0.6 is 0 Å². The van der Waals surface area contributed by atoms with Gasteiger partial charge in [-0.25, -0.2) is 9.78 Å². The van der Waals surface area contributed by atoms with Gasteiger partial charge in [0.05, 0.1) is 25.0 Å². The molecule has 2 aliphatic heterocycles. The van der Waals surface area contributed by atoms with Crippen LogP contribution in [0.15, 0.2) is 60.8 Å². The monoisotopic (exact) mass is 650 g/mol. The summed E-state index contributed by atoms with van der Waals surface area (Å²) >= 11 is 0. The minimum absolute atomic E-state index is 0.0718. The molecule has 1 amide bonds. The maximum Gasteiger partial charge on any atom is 0.332 e. The Kier molecular flexibility index (Phi) is 12.0. The first-order valence-electron chi connectivity index (χ1n) is 15.0. The molecule has 13 heteroatoms. The van der Waals surface area contributed by atoms with Gasteiger partial charge in [-0.15, -0.1) is 0 Å². The third-order valence-corrected chi connectivity index (χ3v) is 7.19. The van der Waals surface area contributed by atoms with Crippen molar-refractivity contribution < 1.29 is 52.7 Å². The number of fused-ring (bicyclic) bond motifs is 1. The molecule has 47 heavy (non-hydrogen) atoms. The number of cyclic esters (lactones) is 2. The van der Waals surface area contributed by atoms with E-state index < -0.39 is 48.5 Å². The van der Waals surface area contributed by atoms with Crippen LogP contribution in [0.1, 0.15) is 48.8 Å². The second-order valence-corrected chi connectivity index (χ2v) is 11.2. The first-order valence-corrected chi connectivity index (χ1v) is 15.0. The van der Waals surface area contributed by atoms with Gasteiger partial charge in [-0.1, -0.05) is 50.2 Å². The number of carbonyl (C=O) groups excluding carboxylic acids is 3. The molecule has 1 saturated heterocycles. The number of hydrogen-bond acceptors (Lipinski definition) is 11. The molecular weight excluding hydrogens is 612 g/mol. The van der Waals surface area contributed by atoms with Crippen LogP contribution in [0.3, 0.4) is 0 Å². The van der Waals surface area contributed by atoms with Crippen molar-refractivity contribution in [2.75, 3.05) is 20.5 Å². The Bertz CT molecular complexity index is 1560. The molecule has 0 bridgehead atoms. The number of carboxylic acid groups (broad SMARTS) is 1. The fourth-order valence-electron chi connectivity index (χ4n) is 4.65. The highest BCUT2D eigenvalue weighted by atomic mass is 16.7.